The van der Waals surface area contributed by atoms with Crippen LogP contribution in [0.1, 0.15) is 24.5 Å². The van der Waals surface area contributed by atoms with E-state index < -0.39 is 10.0 Å². The molecule has 0 aliphatic rings. The fourth-order valence-corrected chi connectivity index (χ4v) is 3.94. The maximum Gasteiger partial charge on any atom is 0.232 e. The number of amides is 1. The summed E-state index contributed by atoms with van der Waals surface area (Å²) < 4.78 is 37.1. The van der Waals surface area contributed by atoms with Crippen molar-refractivity contribution in [2.45, 2.75) is 26.7 Å². The smallest absolute Gasteiger partial charge is 0.232 e. The zero-order chi connectivity index (χ0) is 20.7. The van der Waals surface area contributed by atoms with Gasteiger partial charge >= 0.3 is 0 Å². The van der Waals surface area contributed by atoms with Gasteiger partial charge in [0.25, 0.3) is 0 Å². The fraction of sp³-hybridized carbons (Fsp3) is 0.350. The molecule has 152 valence electrons. The Labute approximate surface area is 166 Å². The third-order valence-corrected chi connectivity index (χ3v) is 5.64. The number of benzene rings is 2. The Bertz CT molecular complexity index is 942. The van der Waals surface area contributed by atoms with Gasteiger partial charge in [-0.15, -0.1) is 0 Å². The van der Waals surface area contributed by atoms with Gasteiger partial charge in [-0.25, -0.2) is 8.42 Å². The molecule has 28 heavy (non-hydrogen) atoms. The average Bonchev–Trinajstić information content (AvgIpc) is 2.64. The van der Waals surface area contributed by atoms with Gasteiger partial charge in [0.15, 0.2) is 11.5 Å². The summed E-state index contributed by atoms with van der Waals surface area (Å²) in [7, 11) is -0.316. The largest absolute Gasteiger partial charge is 0.493 e. The summed E-state index contributed by atoms with van der Waals surface area (Å²) >= 11 is 0. The van der Waals surface area contributed by atoms with Crippen molar-refractivity contribution >= 4 is 27.3 Å². The van der Waals surface area contributed by atoms with E-state index in [2.05, 4.69) is 10.0 Å². The Hall–Kier alpha value is -2.74. The van der Waals surface area contributed by atoms with Crippen LogP contribution in [0.2, 0.25) is 0 Å². The SMILES string of the molecule is CCCS(=O)(=O)Nc1cccc(NC(=O)Cc2ccc(OC)c(OC)c2)c1C. The molecule has 0 spiro atoms. The molecule has 2 aromatic carbocycles. The first-order chi connectivity index (χ1) is 13.3. The first-order valence-electron chi connectivity index (χ1n) is 8.90. The number of carbonyl (C=O) groups excluding carboxylic acids is 1. The molecule has 0 aliphatic heterocycles. The van der Waals surface area contributed by atoms with Gasteiger partial charge in [-0.2, -0.15) is 0 Å². The lowest BCUT2D eigenvalue weighted by Gasteiger charge is -2.14. The lowest BCUT2D eigenvalue weighted by Crippen LogP contribution is -2.18. The first-order valence-corrected chi connectivity index (χ1v) is 10.6. The van der Waals surface area contributed by atoms with Crippen LogP contribution in [-0.4, -0.2) is 34.3 Å². The Morgan fingerprint density at radius 2 is 1.71 bits per heavy atom. The van der Waals surface area contributed by atoms with E-state index in [1.165, 1.54) is 7.11 Å². The number of carbonyl (C=O) groups is 1. The third kappa shape index (κ3) is 5.63. The van der Waals surface area contributed by atoms with Crippen LogP contribution in [0.3, 0.4) is 0 Å². The summed E-state index contributed by atoms with van der Waals surface area (Å²) in [6.07, 6.45) is 0.668. The van der Waals surface area contributed by atoms with Crippen LogP contribution in [-0.2, 0) is 21.2 Å². The lowest BCUT2D eigenvalue weighted by molar-refractivity contribution is -0.115. The number of nitrogens with one attached hydrogen (secondary N) is 2. The van der Waals surface area contributed by atoms with Gasteiger partial charge < -0.3 is 14.8 Å². The van der Waals surface area contributed by atoms with Crippen LogP contribution in [0.5, 0.6) is 11.5 Å². The maximum absolute atomic E-state index is 12.5. The van der Waals surface area contributed by atoms with Crippen LogP contribution in [0, 0.1) is 6.92 Å². The standard InChI is InChI=1S/C20H26N2O5S/c1-5-11-28(24,25)22-17-8-6-7-16(14(17)2)21-20(23)13-15-9-10-18(26-3)19(12-15)27-4/h6-10,12,22H,5,11,13H2,1-4H3,(H,21,23). The molecular formula is C20H26N2O5S. The number of rotatable bonds is 9. The summed E-state index contributed by atoms with van der Waals surface area (Å²) in [5.74, 6) is 0.970. The predicted molar refractivity (Wildman–Crippen MR) is 111 cm³/mol. The Balaban J connectivity index is 2.13. The Morgan fingerprint density at radius 1 is 1.04 bits per heavy atom. The van der Waals surface area contributed by atoms with Crippen LogP contribution in [0.4, 0.5) is 11.4 Å². The number of anilines is 2. The van der Waals surface area contributed by atoms with E-state index in [9.17, 15) is 13.2 Å². The first kappa shape index (κ1) is 21.6. The van der Waals surface area contributed by atoms with Gasteiger partial charge in [0, 0.05) is 5.69 Å². The van der Waals surface area contributed by atoms with E-state index in [0.29, 0.717) is 34.9 Å². The molecule has 7 nitrogen and oxygen atoms in total. The van der Waals surface area contributed by atoms with Gasteiger partial charge in [0.05, 0.1) is 32.1 Å². The minimum Gasteiger partial charge on any atom is -0.493 e. The average molecular weight is 407 g/mol. The van der Waals surface area contributed by atoms with Crippen LogP contribution >= 0.6 is 0 Å². The summed E-state index contributed by atoms with van der Waals surface area (Å²) in [4.78, 5) is 12.5. The van der Waals surface area contributed by atoms with E-state index in [1.54, 1.807) is 57.4 Å². The van der Waals surface area contributed by atoms with Crippen molar-refractivity contribution in [1.82, 2.24) is 0 Å². The zero-order valence-corrected chi connectivity index (χ0v) is 17.4. The molecule has 8 heteroatoms. The van der Waals surface area contributed by atoms with Crippen molar-refractivity contribution in [3.05, 3.63) is 47.5 Å². The molecule has 2 rings (SSSR count). The topological polar surface area (TPSA) is 93.7 Å². The van der Waals surface area contributed by atoms with Gasteiger partial charge in [0.2, 0.25) is 15.9 Å². The van der Waals surface area contributed by atoms with E-state index >= 15 is 0 Å². The molecular weight excluding hydrogens is 380 g/mol. The molecule has 0 aliphatic carbocycles. The molecule has 0 saturated carbocycles. The van der Waals surface area contributed by atoms with Crippen molar-refractivity contribution < 1.29 is 22.7 Å². The monoisotopic (exact) mass is 406 g/mol. The molecule has 0 aromatic heterocycles. The molecule has 2 N–H and O–H groups in total. The predicted octanol–water partition coefficient (Wildman–Crippen LogP) is 3.35. The van der Waals surface area contributed by atoms with E-state index in [-0.39, 0.29) is 18.1 Å². The normalized spacial score (nSPS) is 11.0. The molecule has 1 amide bonds. The van der Waals surface area contributed by atoms with E-state index in [1.807, 2.05) is 0 Å². The molecule has 0 radical (unpaired) electrons. The van der Waals surface area contributed by atoms with Crippen LogP contribution in [0.15, 0.2) is 36.4 Å². The summed E-state index contributed by atoms with van der Waals surface area (Å²) in [6.45, 7) is 3.56. The Kier molecular flexibility index (Phi) is 7.28. The number of methoxy groups -OCH3 is 2. The Morgan fingerprint density at radius 3 is 2.36 bits per heavy atom. The van der Waals surface area contributed by atoms with Gasteiger partial charge in [-0.3, -0.25) is 9.52 Å². The van der Waals surface area contributed by atoms with Crippen LogP contribution < -0.4 is 19.5 Å². The van der Waals surface area contributed by atoms with E-state index in [0.717, 1.165) is 5.56 Å². The number of hydrogen-bond donors (Lipinski definition) is 2. The summed E-state index contributed by atoms with van der Waals surface area (Å²) in [6, 6.07) is 10.4. The molecule has 0 bridgehead atoms. The lowest BCUT2D eigenvalue weighted by atomic mass is 10.1. The molecule has 0 saturated heterocycles. The number of sulfonamides is 1. The highest BCUT2D eigenvalue weighted by molar-refractivity contribution is 7.92. The van der Waals surface area contributed by atoms with Gasteiger partial charge in [-0.05, 0) is 48.7 Å². The highest BCUT2D eigenvalue weighted by Gasteiger charge is 2.14. The van der Waals surface area contributed by atoms with Crippen molar-refractivity contribution in [1.29, 1.82) is 0 Å². The zero-order valence-electron chi connectivity index (χ0n) is 16.5. The minimum atomic E-state index is -3.40. The van der Waals surface area contributed by atoms with Crippen molar-refractivity contribution in [2.24, 2.45) is 0 Å². The third-order valence-electron chi connectivity index (χ3n) is 4.16. The minimum absolute atomic E-state index is 0.0440. The highest BCUT2D eigenvalue weighted by atomic mass is 32.2. The van der Waals surface area contributed by atoms with Gasteiger partial charge in [0.1, 0.15) is 0 Å². The molecule has 2 aromatic rings. The summed E-state index contributed by atoms with van der Waals surface area (Å²) in [5.41, 5.74) is 2.44. The number of hydrogen-bond acceptors (Lipinski definition) is 5. The second-order valence-corrected chi connectivity index (χ2v) is 8.16. The molecule has 0 atom stereocenters. The van der Waals surface area contributed by atoms with E-state index in [4.69, 9.17) is 9.47 Å². The quantitative estimate of drug-likeness (QED) is 0.666. The van der Waals surface area contributed by atoms with Crippen molar-refractivity contribution in [3.63, 3.8) is 0 Å². The summed E-state index contributed by atoms with van der Waals surface area (Å²) in [5, 5.41) is 2.84. The molecule has 0 unspecified atom stereocenters. The van der Waals surface area contributed by atoms with Gasteiger partial charge in [-0.1, -0.05) is 19.1 Å². The maximum atomic E-state index is 12.5. The van der Waals surface area contributed by atoms with Crippen molar-refractivity contribution in [3.8, 4) is 11.5 Å². The fourth-order valence-electron chi connectivity index (χ4n) is 2.74. The molecule has 0 fully saturated rings. The number of ether oxygens (including phenoxy) is 2. The second-order valence-electron chi connectivity index (χ2n) is 6.31. The highest BCUT2D eigenvalue weighted by Crippen LogP contribution is 2.28. The molecule has 0 heterocycles. The second kappa shape index (κ2) is 9.45. The van der Waals surface area contributed by atoms with Crippen LogP contribution in [0.25, 0.3) is 0 Å². The van der Waals surface area contributed by atoms with Crippen molar-refractivity contribution in [2.75, 3.05) is 30.0 Å².